The molecule has 1 fully saturated rings. The number of aliphatic imine (C=N–C) groups is 1. The summed E-state index contributed by atoms with van der Waals surface area (Å²) in [6, 6.07) is 0.289. The van der Waals surface area contributed by atoms with E-state index in [2.05, 4.69) is 25.5 Å². The zero-order valence-corrected chi connectivity index (χ0v) is 11.6. The first-order chi connectivity index (χ1) is 9.95. The van der Waals surface area contributed by atoms with Crippen LogP contribution < -0.4 is 11.1 Å². The number of alkyl halides is 3. The van der Waals surface area contributed by atoms with Crippen LogP contribution in [-0.2, 0) is 12.7 Å². The maximum absolute atomic E-state index is 12.3. The highest BCUT2D eigenvalue weighted by molar-refractivity contribution is 5.78. The van der Waals surface area contributed by atoms with E-state index in [1.165, 1.54) is 12.8 Å². The Hall–Kier alpha value is -1.80. The van der Waals surface area contributed by atoms with Crippen LogP contribution in [0.2, 0.25) is 0 Å². The lowest BCUT2D eigenvalue weighted by atomic mass is 10.1. The molecule has 2 rings (SSSR count). The summed E-state index contributed by atoms with van der Waals surface area (Å²) < 4.78 is 37.0. The van der Waals surface area contributed by atoms with Crippen molar-refractivity contribution >= 4 is 5.96 Å². The predicted molar refractivity (Wildman–Crippen MR) is 71.3 cm³/mol. The van der Waals surface area contributed by atoms with E-state index in [1.807, 2.05) is 0 Å². The second-order valence-electron chi connectivity index (χ2n) is 5.14. The van der Waals surface area contributed by atoms with Crippen molar-refractivity contribution in [2.45, 2.75) is 57.3 Å². The molecule has 0 spiro atoms. The van der Waals surface area contributed by atoms with Gasteiger partial charge in [-0.1, -0.05) is 25.7 Å². The fourth-order valence-corrected chi connectivity index (χ4v) is 2.33. The van der Waals surface area contributed by atoms with Crippen molar-refractivity contribution in [1.29, 1.82) is 0 Å². The Bertz CT molecular complexity index is 474. The highest BCUT2D eigenvalue weighted by atomic mass is 19.4. The van der Waals surface area contributed by atoms with Crippen molar-refractivity contribution in [1.82, 2.24) is 20.5 Å². The van der Waals surface area contributed by atoms with E-state index in [0.29, 0.717) is 0 Å². The number of aromatic nitrogens is 3. The zero-order chi connectivity index (χ0) is 15.3. The molecule has 1 aliphatic rings. The molecule has 0 aliphatic heterocycles. The third-order valence-corrected chi connectivity index (χ3v) is 3.39. The van der Waals surface area contributed by atoms with Gasteiger partial charge in [0.2, 0.25) is 0 Å². The molecule has 0 amide bonds. The monoisotopic (exact) mass is 304 g/mol. The summed E-state index contributed by atoms with van der Waals surface area (Å²) in [5.41, 5.74) is 5.75. The molecule has 1 saturated carbocycles. The zero-order valence-electron chi connectivity index (χ0n) is 11.6. The number of guanidine groups is 1. The molecule has 0 unspecified atom stereocenters. The van der Waals surface area contributed by atoms with Crippen LogP contribution in [0.25, 0.3) is 0 Å². The third-order valence-electron chi connectivity index (χ3n) is 3.39. The second kappa shape index (κ2) is 6.77. The minimum Gasteiger partial charge on any atom is -0.370 e. The number of hydrogen-bond acceptors (Lipinski definition) is 3. The van der Waals surface area contributed by atoms with Crippen molar-refractivity contribution in [2.75, 3.05) is 0 Å². The Labute approximate surface area is 120 Å². The van der Waals surface area contributed by atoms with Crippen LogP contribution in [0.15, 0.2) is 4.99 Å². The lowest BCUT2D eigenvalue weighted by Crippen LogP contribution is -2.39. The van der Waals surface area contributed by atoms with E-state index in [1.54, 1.807) is 0 Å². The molecule has 9 heteroatoms. The fourth-order valence-electron chi connectivity index (χ4n) is 2.33. The predicted octanol–water partition coefficient (Wildman–Crippen LogP) is 1.95. The van der Waals surface area contributed by atoms with Crippen molar-refractivity contribution in [2.24, 2.45) is 10.7 Å². The molecule has 0 atom stereocenters. The Morgan fingerprint density at radius 1 is 1.29 bits per heavy atom. The quantitative estimate of drug-likeness (QED) is 0.452. The molecule has 0 radical (unpaired) electrons. The summed E-state index contributed by atoms with van der Waals surface area (Å²) >= 11 is 0. The summed E-state index contributed by atoms with van der Waals surface area (Å²) in [5.74, 6) is -0.928. The molecule has 4 N–H and O–H groups in total. The summed E-state index contributed by atoms with van der Waals surface area (Å²) in [7, 11) is 0. The molecule has 21 heavy (non-hydrogen) atoms. The van der Waals surface area contributed by atoms with E-state index >= 15 is 0 Å². The van der Waals surface area contributed by atoms with Gasteiger partial charge in [-0.15, -0.1) is 5.10 Å². The first kappa shape index (κ1) is 15.6. The lowest BCUT2D eigenvalue weighted by molar-refractivity contribution is -0.144. The van der Waals surface area contributed by atoms with Gasteiger partial charge in [0, 0.05) is 6.04 Å². The van der Waals surface area contributed by atoms with Crippen LogP contribution >= 0.6 is 0 Å². The van der Waals surface area contributed by atoms with Gasteiger partial charge >= 0.3 is 6.18 Å². The number of aromatic amines is 1. The van der Waals surface area contributed by atoms with Crippen molar-refractivity contribution in [3.05, 3.63) is 11.6 Å². The molecule has 1 aromatic heterocycles. The van der Waals surface area contributed by atoms with Gasteiger partial charge in [-0.3, -0.25) is 5.10 Å². The van der Waals surface area contributed by atoms with Crippen LogP contribution in [0.4, 0.5) is 13.2 Å². The van der Waals surface area contributed by atoms with Crippen LogP contribution in [0.3, 0.4) is 0 Å². The standard InChI is InChI=1S/C12H19F3N6/c13-12(14,15)10-19-9(20-21-10)7-17-11(16)18-8-5-3-1-2-4-6-8/h8H,1-7H2,(H3,16,17,18)(H,19,20,21). The number of nitrogens with two attached hydrogens (primary N) is 1. The number of nitrogens with one attached hydrogen (secondary N) is 2. The summed E-state index contributed by atoms with van der Waals surface area (Å²) in [6.07, 6.45) is 2.29. The lowest BCUT2D eigenvalue weighted by Gasteiger charge is -2.16. The second-order valence-corrected chi connectivity index (χ2v) is 5.14. The van der Waals surface area contributed by atoms with Gasteiger partial charge in [0.15, 0.2) is 5.96 Å². The van der Waals surface area contributed by atoms with Gasteiger partial charge in [-0.2, -0.15) is 13.2 Å². The van der Waals surface area contributed by atoms with Crippen LogP contribution in [-0.4, -0.2) is 27.2 Å². The van der Waals surface area contributed by atoms with E-state index in [0.717, 1.165) is 25.7 Å². The topological polar surface area (TPSA) is 92.0 Å². The smallest absolute Gasteiger partial charge is 0.370 e. The number of H-pyrrole nitrogens is 1. The average Bonchev–Trinajstić information content (AvgIpc) is 2.76. The molecule has 0 saturated heterocycles. The molecule has 1 heterocycles. The third kappa shape index (κ3) is 4.91. The molecule has 118 valence electrons. The van der Waals surface area contributed by atoms with Gasteiger partial charge in [0.25, 0.3) is 5.82 Å². The van der Waals surface area contributed by atoms with Crippen LogP contribution in [0, 0.1) is 0 Å². The highest BCUT2D eigenvalue weighted by Crippen LogP contribution is 2.25. The first-order valence-electron chi connectivity index (χ1n) is 7.00. The first-order valence-corrected chi connectivity index (χ1v) is 7.00. The maximum atomic E-state index is 12.3. The van der Waals surface area contributed by atoms with Gasteiger partial charge in [-0.05, 0) is 12.8 Å². The van der Waals surface area contributed by atoms with Crippen molar-refractivity contribution in [3.8, 4) is 0 Å². The van der Waals surface area contributed by atoms with Crippen LogP contribution in [0.1, 0.15) is 50.2 Å². The Kier molecular flexibility index (Phi) is 5.03. The minimum absolute atomic E-state index is 0.0351. The number of nitrogens with zero attached hydrogens (tertiary/aromatic N) is 3. The van der Waals surface area contributed by atoms with E-state index in [-0.39, 0.29) is 24.4 Å². The molecular formula is C12H19F3N6. The van der Waals surface area contributed by atoms with E-state index in [9.17, 15) is 13.2 Å². The molecule has 0 aromatic carbocycles. The highest BCUT2D eigenvalue weighted by Gasteiger charge is 2.35. The number of rotatable bonds is 3. The van der Waals surface area contributed by atoms with Gasteiger partial charge in [0.1, 0.15) is 12.4 Å². The van der Waals surface area contributed by atoms with E-state index in [4.69, 9.17) is 5.73 Å². The van der Waals surface area contributed by atoms with Crippen molar-refractivity contribution in [3.63, 3.8) is 0 Å². The van der Waals surface area contributed by atoms with Gasteiger partial charge in [-0.25, -0.2) is 9.98 Å². The Morgan fingerprint density at radius 2 is 1.95 bits per heavy atom. The largest absolute Gasteiger partial charge is 0.453 e. The van der Waals surface area contributed by atoms with Crippen LogP contribution in [0.5, 0.6) is 0 Å². The number of halogens is 3. The summed E-state index contributed by atoms with van der Waals surface area (Å²) in [6.45, 7) is -0.0609. The number of hydrogen-bond donors (Lipinski definition) is 3. The van der Waals surface area contributed by atoms with E-state index < -0.39 is 12.0 Å². The summed E-state index contributed by atoms with van der Waals surface area (Å²) in [5, 5.41) is 8.42. The SMILES string of the molecule is NC(=NCc1nc(C(F)(F)F)n[nH]1)NC1CCCCCC1. The molecule has 1 aliphatic carbocycles. The Balaban J connectivity index is 1.86. The maximum Gasteiger partial charge on any atom is 0.453 e. The van der Waals surface area contributed by atoms with Gasteiger partial charge < -0.3 is 11.1 Å². The average molecular weight is 304 g/mol. The molecule has 0 bridgehead atoms. The molecular weight excluding hydrogens is 285 g/mol. The Morgan fingerprint density at radius 3 is 2.52 bits per heavy atom. The molecule has 6 nitrogen and oxygen atoms in total. The summed E-state index contributed by atoms with van der Waals surface area (Å²) in [4.78, 5) is 7.33. The van der Waals surface area contributed by atoms with Crippen molar-refractivity contribution < 1.29 is 13.2 Å². The minimum atomic E-state index is -4.55. The molecule has 1 aromatic rings. The van der Waals surface area contributed by atoms with Gasteiger partial charge in [0.05, 0.1) is 0 Å². The fraction of sp³-hybridized carbons (Fsp3) is 0.750. The normalized spacial score (nSPS) is 18.5.